The van der Waals surface area contributed by atoms with Crippen molar-refractivity contribution < 1.29 is 9.90 Å². The zero-order valence-electron chi connectivity index (χ0n) is 9.96. The van der Waals surface area contributed by atoms with Crippen LogP contribution >= 0.6 is 11.3 Å². The molecule has 0 aliphatic heterocycles. The number of aromatic nitrogens is 5. The Labute approximate surface area is 115 Å². The summed E-state index contributed by atoms with van der Waals surface area (Å²) in [7, 11) is 0. The van der Waals surface area contributed by atoms with Crippen molar-refractivity contribution in [2.24, 2.45) is 0 Å². The highest BCUT2D eigenvalue weighted by Gasteiger charge is 2.16. The van der Waals surface area contributed by atoms with E-state index in [4.69, 9.17) is 5.11 Å². The van der Waals surface area contributed by atoms with Gasteiger partial charge < -0.3 is 5.11 Å². The zero-order chi connectivity index (χ0) is 13.7. The van der Waals surface area contributed by atoms with Crippen molar-refractivity contribution >= 4 is 33.2 Å². The Kier molecular flexibility index (Phi) is 2.15. The lowest BCUT2D eigenvalue weighted by Crippen LogP contribution is -1.94. The number of hydrogen-bond acceptors (Lipinski definition) is 5. The first kappa shape index (κ1) is 11.1. The maximum Gasteiger partial charge on any atom is 0.340 e. The number of pyridine rings is 1. The van der Waals surface area contributed by atoms with Crippen molar-refractivity contribution in [1.29, 1.82) is 0 Å². The summed E-state index contributed by atoms with van der Waals surface area (Å²) in [5.74, 6) is -0.989. The molecule has 0 unspecified atom stereocenters. The van der Waals surface area contributed by atoms with Crippen molar-refractivity contribution in [3.8, 4) is 5.00 Å². The van der Waals surface area contributed by atoms with Crippen LogP contribution < -0.4 is 0 Å². The number of carboxylic acids is 1. The minimum Gasteiger partial charge on any atom is -0.478 e. The second-order valence-corrected chi connectivity index (χ2v) is 5.16. The molecule has 0 saturated carbocycles. The van der Waals surface area contributed by atoms with Gasteiger partial charge in [0.15, 0.2) is 5.65 Å². The standard InChI is InChI=1S/C12H7N5O2S/c18-12(19)8-5-14-16-6-9(20-11(8)16)17-10-7(4-15-17)2-1-3-13-10/h1-6H,(H,18,19). The van der Waals surface area contributed by atoms with Gasteiger partial charge in [-0.25, -0.2) is 19.0 Å². The van der Waals surface area contributed by atoms with Gasteiger partial charge >= 0.3 is 5.97 Å². The third kappa shape index (κ3) is 1.45. The molecule has 0 radical (unpaired) electrons. The molecule has 0 aliphatic rings. The van der Waals surface area contributed by atoms with Gasteiger partial charge in [0.25, 0.3) is 0 Å². The van der Waals surface area contributed by atoms with Crippen LogP contribution in [0.25, 0.3) is 20.9 Å². The lowest BCUT2D eigenvalue weighted by atomic mass is 10.4. The summed E-state index contributed by atoms with van der Waals surface area (Å²) in [6, 6.07) is 3.77. The molecule has 0 atom stereocenters. The van der Waals surface area contributed by atoms with E-state index < -0.39 is 5.97 Å². The average molecular weight is 285 g/mol. The molecule has 4 aromatic heterocycles. The summed E-state index contributed by atoms with van der Waals surface area (Å²) in [4.78, 5) is 16.0. The van der Waals surface area contributed by atoms with Gasteiger partial charge in [-0.05, 0) is 12.1 Å². The van der Waals surface area contributed by atoms with E-state index in [0.717, 1.165) is 16.0 Å². The van der Waals surface area contributed by atoms with Crippen molar-refractivity contribution in [2.45, 2.75) is 0 Å². The number of fused-ring (bicyclic) bond motifs is 2. The van der Waals surface area contributed by atoms with Crippen LogP contribution in [0.4, 0.5) is 0 Å². The predicted molar refractivity (Wildman–Crippen MR) is 72.5 cm³/mol. The summed E-state index contributed by atoms with van der Waals surface area (Å²) in [5, 5.41) is 19.1. The van der Waals surface area contributed by atoms with Crippen LogP contribution in [0.15, 0.2) is 36.9 Å². The maximum absolute atomic E-state index is 11.1. The summed E-state index contributed by atoms with van der Waals surface area (Å²) >= 11 is 1.31. The molecule has 1 N–H and O–H groups in total. The largest absolute Gasteiger partial charge is 0.478 e. The fourth-order valence-corrected chi connectivity index (χ4v) is 3.06. The number of carbonyl (C=O) groups is 1. The van der Waals surface area contributed by atoms with E-state index in [1.807, 2.05) is 12.1 Å². The highest BCUT2D eigenvalue weighted by Crippen LogP contribution is 2.26. The second-order valence-electron chi connectivity index (χ2n) is 4.16. The normalized spacial score (nSPS) is 11.4. The van der Waals surface area contributed by atoms with E-state index in [0.29, 0.717) is 4.83 Å². The average Bonchev–Trinajstić information content (AvgIpc) is 3.10. The summed E-state index contributed by atoms with van der Waals surface area (Å²) in [5.41, 5.74) is 0.916. The third-order valence-corrected chi connectivity index (χ3v) is 4.04. The van der Waals surface area contributed by atoms with Crippen molar-refractivity contribution in [3.05, 3.63) is 42.5 Å². The number of carboxylic acid groups (broad SMARTS) is 1. The van der Waals surface area contributed by atoms with Crippen molar-refractivity contribution in [3.63, 3.8) is 0 Å². The van der Waals surface area contributed by atoms with Gasteiger partial charge in [0.2, 0.25) is 0 Å². The Morgan fingerprint density at radius 3 is 3.05 bits per heavy atom. The van der Waals surface area contributed by atoms with Crippen LogP contribution in [0.3, 0.4) is 0 Å². The third-order valence-electron chi connectivity index (χ3n) is 2.95. The lowest BCUT2D eigenvalue weighted by Gasteiger charge is -1.96. The molecular formula is C12H7N5O2S. The number of aromatic carboxylic acids is 1. The van der Waals surface area contributed by atoms with Gasteiger partial charge in [-0.1, -0.05) is 11.3 Å². The SMILES string of the molecule is O=C(O)c1cnn2cc(-n3ncc4cccnc43)sc12. The maximum atomic E-state index is 11.1. The molecular weight excluding hydrogens is 278 g/mol. The lowest BCUT2D eigenvalue weighted by molar-refractivity contribution is 0.0699. The zero-order valence-corrected chi connectivity index (χ0v) is 10.8. The molecule has 0 amide bonds. The fourth-order valence-electron chi connectivity index (χ4n) is 2.04. The minimum atomic E-state index is -0.989. The van der Waals surface area contributed by atoms with Gasteiger partial charge in [-0.2, -0.15) is 10.2 Å². The molecule has 8 heteroatoms. The van der Waals surface area contributed by atoms with E-state index in [2.05, 4.69) is 15.2 Å². The molecule has 0 fully saturated rings. The Morgan fingerprint density at radius 1 is 1.30 bits per heavy atom. The van der Waals surface area contributed by atoms with E-state index in [9.17, 15) is 4.79 Å². The quantitative estimate of drug-likeness (QED) is 0.607. The molecule has 0 saturated heterocycles. The Bertz CT molecular complexity index is 951. The first-order valence-corrected chi connectivity index (χ1v) is 6.55. The Balaban J connectivity index is 1.96. The number of nitrogens with zero attached hydrogens (tertiary/aromatic N) is 5. The van der Waals surface area contributed by atoms with E-state index in [1.54, 1.807) is 27.8 Å². The van der Waals surface area contributed by atoms with Crippen LogP contribution in [0, 0.1) is 0 Å². The second kappa shape index (κ2) is 3.87. The molecule has 0 aromatic carbocycles. The minimum absolute atomic E-state index is 0.186. The Morgan fingerprint density at radius 2 is 2.20 bits per heavy atom. The monoisotopic (exact) mass is 285 g/mol. The van der Waals surface area contributed by atoms with E-state index in [1.165, 1.54) is 17.5 Å². The van der Waals surface area contributed by atoms with Gasteiger partial charge in [-0.15, -0.1) is 0 Å². The van der Waals surface area contributed by atoms with Crippen LogP contribution in [-0.4, -0.2) is 35.5 Å². The number of thiazole rings is 1. The predicted octanol–water partition coefficient (Wildman–Crippen LogP) is 1.83. The first-order valence-electron chi connectivity index (χ1n) is 5.73. The van der Waals surface area contributed by atoms with E-state index >= 15 is 0 Å². The first-order chi connectivity index (χ1) is 9.74. The number of rotatable bonds is 2. The summed E-state index contributed by atoms with van der Waals surface area (Å²) in [6.07, 6.45) is 6.51. The van der Waals surface area contributed by atoms with Crippen LogP contribution in [0.1, 0.15) is 10.4 Å². The van der Waals surface area contributed by atoms with Crippen molar-refractivity contribution in [2.75, 3.05) is 0 Å². The summed E-state index contributed by atoms with van der Waals surface area (Å²) in [6.45, 7) is 0. The number of hydrogen-bond donors (Lipinski definition) is 1. The van der Waals surface area contributed by atoms with Gasteiger partial charge in [0.05, 0.1) is 18.6 Å². The molecule has 0 aliphatic carbocycles. The molecule has 4 rings (SSSR count). The highest BCUT2D eigenvalue weighted by atomic mass is 32.1. The molecule has 20 heavy (non-hydrogen) atoms. The fraction of sp³-hybridized carbons (Fsp3) is 0. The molecule has 4 aromatic rings. The van der Waals surface area contributed by atoms with Crippen LogP contribution in [0.2, 0.25) is 0 Å². The van der Waals surface area contributed by atoms with Gasteiger partial charge in [-0.3, -0.25) is 0 Å². The van der Waals surface area contributed by atoms with E-state index in [-0.39, 0.29) is 5.56 Å². The van der Waals surface area contributed by atoms with Crippen LogP contribution in [0.5, 0.6) is 0 Å². The molecule has 98 valence electrons. The highest BCUT2D eigenvalue weighted by molar-refractivity contribution is 7.20. The van der Waals surface area contributed by atoms with Crippen molar-refractivity contribution in [1.82, 2.24) is 24.4 Å². The molecule has 0 bridgehead atoms. The molecule has 0 spiro atoms. The molecule has 4 heterocycles. The van der Waals surface area contributed by atoms with Gasteiger partial charge in [0, 0.05) is 11.6 Å². The van der Waals surface area contributed by atoms with Gasteiger partial charge in [0.1, 0.15) is 15.4 Å². The summed E-state index contributed by atoms with van der Waals surface area (Å²) < 4.78 is 3.22. The smallest absolute Gasteiger partial charge is 0.340 e. The topological polar surface area (TPSA) is 85.3 Å². The molecule has 7 nitrogen and oxygen atoms in total. The van der Waals surface area contributed by atoms with Crippen LogP contribution in [-0.2, 0) is 0 Å². The Hall–Kier alpha value is -2.74.